The van der Waals surface area contributed by atoms with Gasteiger partial charge in [0.1, 0.15) is 5.75 Å². The standard InChI is InChI=1S/C13H25N3O3S/c1-5-6-14-11(7-10(2)3)8-13-15-12(16-19-13)9-20(4,17)18/h10-11,14H,5-9H2,1-4H3. The minimum Gasteiger partial charge on any atom is -0.339 e. The van der Waals surface area contributed by atoms with Crippen LogP contribution in [0.25, 0.3) is 0 Å². The Morgan fingerprint density at radius 1 is 1.35 bits per heavy atom. The van der Waals surface area contributed by atoms with Gasteiger partial charge in [-0.05, 0) is 25.3 Å². The van der Waals surface area contributed by atoms with Crippen LogP contribution in [0.5, 0.6) is 0 Å². The zero-order valence-electron chi connectivity index (χ0n) is 12.7. The molecule has 1 heterocycles. The molecule has 0 amide bonds. The van der Waals surface area contributed by atoms with Crippen molar-refractivity contribution in [3.8, 4) is 0 Å². The molecule has 20 heavy (non-hydrogen) atoms. The number of rotatable bonds is 9. The highest BCUT2D eigenvalue weighted by Crippen LogP contribution is 2.11. The van der Waals surface area contributed by atoms with Crippen LogP contribution in [0.4, 0.5) is 0 Å². The largest absolute Gasteiger partial charge is 0.339 e. The monoisotopic (exact) mass is 303 g/mol. The van der Waals surface area contributed by atoms with Gasteiger partial charge in [-0.25, -0.2) is 8.42 Å². The Morgan fingerprint density at radius 2 is 2.05 bits per heavy atom. The molecule has 1 aromatic heterocycles. The van der Waals surface area contributed by atoms with Crippen molar-refractivity contribution in [1.29, 1.82) is 0 Å². The minimum atomic E-state index is -3.13. The van der Waals surface area contributed by atoms with Crippen LogP contribution < -0.4 is 5.32 Å². The van der Waals surface area contributed by atoms with Gasteiger partial charge < -0.3 is 9.84 Å². The Kier molecular flexibility index (Phi) is 6.61. The molecule has 0 aliphatic heterocycles. The summed E-state index contributed by atoms with van der Waals surface area (Å²) in [4.78, 5) is 4.15. The lowest BCUT2D eigenvalue weighted by Crippen LogP contribution is -2.33. The average Bonchev–Trinajstić information content (AvgIpc) is 2.70. The second-order valence-corrected chi connectivity index (χ2v) is 7.80. The molecule has 1 unspecified atom stereocenters. The van der Waals surface area contributed by atoms with E-state index in [9.17, 15) is 8.42 Å². The molecule has 0 aliphatic rings. The highest BCUT2D eigenvalue weighted by molar-refractivity contribution is 7.89. The lowest BCUT2D eigenvalue weighted by atomic mass is 10.0. The van der Waals surface area contributed by atoms with Crippen LogP contribution in [0.15, 0.2) is 4.52 Å². The maximum Gasteiger partial charge on any atom is 0.228 e. The van der Waals surface area contributed by atoms with Crippen LogP contribution in [0.2, 0.25) is 0 Å². The maximum absolute atomic E-state index is 11.2. The molecule has 1 aromatic rings. The molecule has 0 saturated carbocycles. The van der Waals surface area contributed by atoms with Gasteiger partial charge in [-0.1, -0.05) is 25.9 Å². The molecule has 7 heteroatoms. The van der Waals surface area contributed by atoms with Crippen molar-refractivity contribution in [3.05, 3.63) is 11.7 Å². The number of nitrogens with one attached hydrogen (secondary N) is 1. The predicted octanol–water partition coefficient (Wildman–Crippen LogP) is 1.57. The molecule has 0 saturated heterocycles. The molecule has 0 spiro atoms. The van der Waals surface area contributed by atoms with Crippen molar-refractivity contribution in [1.82, 2.24) is 15.5 Å². The smallest absolute Gasteiger partial charge is 0.228 e. The molecule has 0 bridgehead atoms. The number of nitrogens with zero attached hydrogens (tertiary/aromatic N) is 2. The van der Waals surface area contributed by atoms with Crippen molar-refractivity contribution >= 4 is 9.84 Å². The van der Waals surface area contributed by atoms with Crippen LogP contribution >= 0.6 is 0 Å². The molecule has 0 radical (unpaired) electrons. The SMILES string of the molecule is CCCNC(Cc1nc(CS(C)(=O)=O)no1)CC(C)C. The minimum absolute atomic E-state index is 0.173. The van der Waals surface area contributed by atoms with E-state index in [0.717, 1.165) is 25.6 Å². The fourth-order valence-corrected chi connectivity index (χ4v) is 2.62. The molecular formula is C13H25N3O3S. The first kappa shape index (κ1) is 17.1. The van der Waals surface area contributed by atoms with Crippen molar-refractivity contribution in [3.63, 3.8) is 0 Å². The Hall–Kier alpha value is -0.950. The van der Waals surface area contributed by atoms with Gasteiger partial charge in [0.25, 0.3) is 0 Å². The van der Waals surface area contributed by atoms with Crippen molar-refractivity contribution < 1.29 is 12.9 Å². The third-order valence-electron chi connectivity index (χ3n) is 2.76. The Labute approximate surface area is 121 Å². The van der Waals surface area contributed by atoms with Crippen LogP contribution in [-0.2, 0) is 22.0 Å². The molecule has 6 nitrogen and oxygen atoms in total. The van der Waals surface area contributed by atoms with Gasteiger partial charge in [0.2, 0.25) is 5.89 Å². The summed E-state index contributed by atoms with van der Waals surface area (Å²) >= 11 is 0. The fourth-order valence-electron chi connectivity index (χ4n) is 2.03. The molecule has 0 fully saturated rings. The summed E-state index contributed by atoms with van der Waals surface area (Å²) in [5, 5.41) is 7.18. The van der Waals surface area contributed by atoms with Gasteiger partial charge in [0.05, 0.1) is 0 Å². The Bertz CT molecular complexity index is 497. The van der Waals surface area contributed by atoms with E-state index in [4.69, 9.17) is 4.52 Å². The van der Waals surface area contributed by atoms with Crippen LogP contribution in [0.1, 0.15) is 45.3 Å². The zero-order valence-corrected chi connectivity index (χ0v) is 13.5. The van der Waals surface area contributed by atoms with Gasteiger partial charge >= 0.3 is 0 Å². The number of hydrogen-bond acceptors (Lipinski definition) is 6. The first-order chi connectivity index (χ1) is 9.30. The summed E-state index contributed by atoms with van der Waals surface area (Å²) in [5.74, 6) is 1.13. The van der Waals surface area contributed by atoms with Gasteiger partial charge in [-0.2, -0.15) is 4.98 Å². The second-order valence-electron chi connectivity index (χ2n) is 5.66. The lowest BCUT2D eigenvalue weighted by Gasteiger charge is -2.18. The van der Waals surface area contributed by atoms with E-state index in [1.54, 1.807) is 0 Å². The second kappa shape index (κ2) is 7.73. The van der Waals surface area contributed by atoms with Crippen LogP contribution in [0, 0.1) is 5.92 Å². The first-order valence-electron chi connectivity index (χ1n) is 7.02. The molecule has 1 rings (SSSR count). The summed E-state index contributed by atoms with van der Waals surface area (Å²) in [5.41, 5.74) is 0. The highest BCUT2D eigenvalue weighted by atomic mass is 32.2. The summed E-state index contributed by atoms with van der Waals surface area (Å²) in [6.07, 6.45) is 3.88. The Balaban J connectivity index is 2.63. The summed E-state index contributed by atoms with van der Waals surface area (Å²) in [7, 11) is -3.13. The quantitative estimate of drug-likeness (QED) is 0.745. The number of aromatic nitrogens is 2. The van der Waals surface area contributed by atoms with E-state index in [2.05, 4.69) is 36.2 Å². The van der Waals surface area contributed by atoms with E-state index in [0.29, 0.717) is 18.2 Å². The first-order valence-corrected chi connectivity index (χ1v) is 9.08. The lowest BCUT2D eigenvalue weighted by molar-refractivity contribution is 0.336. The van der Waals surface area contributed by atoms with Gasteiger partial charge in [0, 0.05) is 18.7 Å². The topological polar surface area (TPSA) is 85.1 Å². The molecule has 1 N–H and O–H groups in total. The molecule has 0 aromatic carbocycles. The van der Waals surface area contributed by atoms with Gasteiger partial charge in [0.15, 0.2) is 15.7 Å². The highest BCUT2D eigenvalue weighted by Gasteiger charge is 2.17. The van der Waals surface area contributed by atoms with Crippen molar-refractivity contribution in [2.24, 2.45) is 5.92 Å². The van der Waals surface area contributed by atoms with Crippen LogP contribution in [-0.4, -0.2) is 37.4 Å². The van der Waals surface area contributed by atoms with Crippen molar-refractivity contribution in [2.45, 2.75) is 51.8 Å². The van der Waals surface area contributed by atoms with Crippen LogP contribution in [0.3, 0.4) is 0 Å². The fraction of sp³-hybridized carbons (Fsp3) is 0.846. The summed E-state index contributed by atoms with van der Waals surface area (Å²) < 4.78 is 27.5. The Morgan fingerprint density at radius 3 is 2.60 bits per heavy atom. The van der Waals surface area contributed by atoms with Crippen molar-refractivity contribution in [2.75, 3.05) is 12.8 Å². The molecular weight excluding hydrogens is 278 g/mol. The number of hydrogen-bond donors (Lipinski definition) is 1. The van der Waals surface area contributed by atoms with E-state index in [1.807, 2.05) is 0 Å². The average molecular weight is 303 g/mol. The predicted molar refractivity (Wildman–Crippen MR) is 78.1 cm³/mol. The molecule has 0 aliphatic carbocycles. The number of sulfone groups is 1. The van der Waals surface area contributed by atoms with Gasteiger partial charge in [-0.15, -0.1) is 0 Å². The summed E-state index contributed by atoms with van der Waals surface area (Å²) in [6.45, 7) is 7.41. The molecule has 1 atom stereocenters. The van der Waals surface area contributed by atoms with Gasteiger partial charge in [-0.3, -0.25) is 0 Å². The zero-order chi connectivity index (χ0) is 15.2. The van der Waals surface area contributed by atoms with E-state index >= 15 is 0 Å². The normalized spacial score (nSPS) is 13.8. The van der Waals surface area contributed by atoms with E-state index in [-0.39, 0.29) is 17.6 Å². The summed E-state index contributed by atoms with van der Waals surface area (Å²) in [6, 6.07) is 0.279. The van der Waals surface area contributed by atoms with E-state index < -0.39 is 9.84 Å². The van der Waals surface area contributed by atoms with E-state index in [1.165, 1.54) is 0 Å². The third-order valence-corrected chi connectivity index (χ3v) is 3.54. The molecule has 116 valence electrons. The third kappa shape index (κ3) is 7.00. The maximum atomic E-state index is 11.2.